The second-order valence-corrected chi connectivity index (χ2v) is 12.2. The molecule has 0 saturated carbocycles. The van der Waals surface area contributed by atoms with Gasteiger partial charge in [0.15, 0.2) is 17.5 Å². The normalized spacial score (nSPS) is 11.7. The van der Waals surface area contributed by atoms with Gasteiger partial charge in [-0.15, -0.1) is 0 Å². The van der Waals surface area contributed by atoms with Crippen LogP contribution in [0.15, 0.2) is 120 Å². The van der Waals surface area contributed by atoms with E-state index >= 15 is 0 Å². The maximum Gasteiger partial charge on any atom is 0.164 e. The molecule has 7 rings (SSSR count). The zero-order valence-electron chi connectivity index (χ0n) is 28.2. The summed E-state index contributed by atoms with van der Waals surface area (Å²) >= 11 is 0. The van der Waals surface area contributed by atoms with E-state index in [4.69, 9.17) is 29.8 Å². The van der Waals surface area contributed by atoms with E-state index in [1.807, 2.05) is 116 Å². The van der Waals surface area contributed by atoms with Crippen LogP contribution >= 0.6 is 0 Å². The molecule has 3 heterocycles. The fourth-order valence-corrected chi connectivity index (χ4v) is 6.15. The summed E-state index contributed by atoms with van der Waals surface area (Å²) < 4.78 is 8.06. The minimum atomic E-state index is 0.390. The van der Waals surface area contributed by atoms with Gasteiger partial charge < -0.3 is 4.42 Å². The van der Waals surface area contributed by atoms with Crippen LogP contribution < -0.4 is 0 Å². The van der Waals surface area contributed by atoms with Crippen LogP contribution in [0, 0.1) is 40.0 Å². The van der Waals surface area contributed by atoms with Gasteiger partial charge in [0.2, 0.25) is 0 Å². The highest BCUT2D eigenvalue weighted by atomic mass is 16.3. The van der Waals surface area contributed by atoms with E-state index < -0.39 is 0 Å². The van der Waals surface area contributed by atoms with E-state index in [0.29, 0.717) is 23.3 Å². The topological polar surface area (TPSA) is 93.5 Å². The lowest BCUT2D eigenvalue weighted by atomic mass is 9.98. The molecule has 0 saturated heterocycles. The first-order valence-corrected chi connectivity index (χ1v) is 16.2. The monoisotopic (exact) mass is 640 g/mol. The fourth-order valence-electron chi connectivity index (χ4n) is 6.15. The lowest BCUT2D eigenvalue weighted by molar-refractivity contribution is 0.518. The Labute approximate surface area is 285 Å². The third-order valence-electron chi connectivity index (χ3n) is 9.04. The minimum Gasteiger partial charge on any atom is -0.461 e. The van der Waals surface area contributed by atoms with Crippen LogP contribution in [0.25, 0.3) is 50.8 Å². The molecule has 240 valence electrons. The molecular formula is C42H36N6O. The zero-order valence-corrected chi connectivity index (χ0v) is 28.2. The highest BCUT2D eigenvalue weighted by Crippen LogP contribution is 2.33. The van der Waals surface area contributed by atoms with Gasteiger partial charge in [-0.05, 0) is 75.1 Å². The summed E-state index contributed by atoms with van der Waals surface area (Å²) in [7, 11) is 0. The van der Waals surface area contributed by atoms with Gasteiger partial charge in [-0.3, -0.25) is 9.98 Å². The van der Waals surface area contributed by atoms with Gasteiger partial charge >= 0.3 is 0 Å². The highest BCUT2D eigenvalue weighted by molar-refractivity contribution is 6.04. The Morgan fingerprint density at radius 2 is 1.31 bits per heavy atom. The van der Waals surface area contributed by atoms with Crippen molar-refractivity contribution >= 4 is 22.4 Å². The molecular weight excluding hydrogens is 605 g/mol. The number of nitrogens with zero attached hydrogens (tertiary/aromatic N) is 5. The third-order valence-corrected chi connectivity index (χ3v) is 9.04. The molecule has 0 unspecified atom stereocenters. The van der Waals surface area contributed by atoms with Crippen molar-refractivity contribution in [2.45, 2.75) is 34.6 Å². The Morgan fingerprint density at radius 1 is 0.694 bits per heavy atom. The summed E-state index contributed by atoms with van der Waals surface area (Å²) in [6.07, 6.45) is 3.77. The van der Waals surface area contributed by atoms with Gasteiger partial charge in [-0.1, -0.05) is 97.6 Å². The number of hydrogen-bond acceptors (Lipinski definition) is 6. The lowest BCUT2D eigenvalue weighted by Gasteiger charge is -2.12. The maximum atomic E-state index is 9.03. The first kappa shape index (κ1) is 31.4. The van der Waals surface area contributed by atoms with Crippen LogP contribution in [-0.4, -0.2) is 30.3 Å². The lowest BCUT2D eigenvalue weighted by Crippen LogP contribution is -2.14. The zero-order chi connectivity index (χ0) is 34.2. The average Bonchev–Trinajstić information content (AvgIpc) is 3.59. The second-order valence-electron chi connectivity index (χ2n) is 12.2. The van der Waals surface area contributed by atoms with Crippen LogP contribution in [0.1, 0.15) is 45.2 Å². The molecule has 7 nitrogen and oxygen atoms in total. The van der Waals surface area contributed by atoms with E-state index in [9.17, 15) is 0 Å². The molecule has 4 aromatic carbocycles. The summed E-state index contributed by atoms with van der Waals surface area (Å²) in [5.41, 5.74) is 10.3. The Bertz CT molecular complexity index is 2410. The van der Waals surface area contributed by atoms with Crippen molar-refractivity contribution in [2.75, 3.05) is 0 Å². The first-order valence-electron chi connectivity index (χ1n) is 16.2. The molecule has 7 heteroatoms. The number of furan rings is 1. The number of fused-ring (bicyclic) bond motifs is 1. The summed E-state index contributed by atoms with van der Waals surface area (Å²) in [4.78, 5) is 19.7. The maximum absolute atomic E-state index is 9.03. The number of hydrogen-bond donors (Lipinski definition) is 1. The molecule has 0 aliphatic carbocycles. The van der Waals surface area contributed by atoms with Crippen LogP contribution in [0.5, 0.6) is 0 Å². The van der Waals surface area contributed by atoms with Crippen molar-refractivity contribution in [2.24, 2.45) is 0 Å². The number of allylic oxidation sites excluding steroid dienone is 2. The van der Waals surface area contributed by atoms with Gasteiger partial charge in [0.1, 0.15) is 23.2 Å². The summed E-state index contributed by atoms with van der Waals surface area (Å²) in [6, 6.07) is 32.0. The van der Waals surface area contributed by atoms with Crippen molar-refractivity contribution in [3.63, 3.8) is 0 Å². The van der Waals surface area contributed by atoms with Crippen molar-refractivity contribution in [3.8, 4) is 34.2 Å². The average molecular weight is 641 g/mol. The van der Waals surface area contributed by atoms with Gasteiger partial charge in [0.05, 0.1) is 11.0 Å². The molecule has 1 N–H and O–H groups in total. The summed E-state index contributed by atoms with van der Waals surface area (Å²) in [6.45, 7) is 14.0. The van der Waals surface area contributed by atoms with Crippen molar-refractivity contribution < 1.29 is 4.42 Å². The number of nitrogens with one attached hydrogen (secondary N) is 1. The van der Waals surface area contributed by atoms with Crippen molar-refractivity contribution in [1.29, 1.82) is 5.41 Å². The number of imidazole rings is 1. The SMILES string of the molecule is C=C/C=C(/c1ccc(-c2nc(-c3ccccc3)nc(-c3ccc4c(c3)nc(C)n4C(=N)c3ccccc3C)n2)cc1)c1oc(C)c(C)c1C. The van der Waals surface area contributed by atoms with Crippen molar-refractivity contribution in [3.05, 3.63) is 161 Å². The summed E-state index contributed by atoms with van der Waals surface area (Å²) in [5, 5.41) is 9.03. The Morgan fingerprint density at radius 3 is 1.94 bits per heavy atom. The number of aromatic nitrogens is 5. The molecule has 7 aromatic rings. The fraction of sp³-hybridized carbons (Fsp3) is 0.119. The standard InChI is InChI=1S/C42H36N6O/c1-7-13-35(38-27(4)26(3)28(5)49-38)30-18-20-32(21-19-30)41-45-40(31-15-9-8-10-16-31)46-42(47-41)33-22-23-37-36(24-33)44-29(6)48(37)39(43)34-17-12-11-14-25(34)2/h7-24,43H,1H2,2-6H3/b35-13-,43-39?. The molecule has 49 heavy (non-hydrogen) atoms. The second kappa shape index (κ2) is 12.8. The molecule has 0 aliphatic rings. The molecule has 3 aromatic heterocycles. The van der Waals surface area contributed by atoms with Crippen LogP contribution in [-0.2, 0) is 0 Å². The predicted octanol–water partition coefficient (Wildman–Crippen LogP) is 9.85. The number of benzene rings is 4. The highest BCUT2D eigenvalue weighted by Gasteiger charge is 2.19. The Kier molecular flexibility index (Phi) is 8.18. The van der Waals surface area contributed by atoms with Gasteiger partial charge in [-0.2, -0.15) is 0 Å². The molecule has 0 fully saturated rings. The van der Waals surface area contributed by atoms with E-state index in [1.165, 1.54) is 0 Å². The first-order chi connectivity index (χ1) is 23.7. The smallest absolute Gasteiger partial charge is 0.164 e. The number of aryl methyl sites for hydroxylation is 3. The van der Waals surface area contributed by atoms with Gasteiger partial charge in [-0.25, -0.2) is 19.9 Å². The van der Waals surface area contributed by atoms with Gasteiger partial charge in [0.25, 0.3) is 0 Å². The molecule has 0 atom stereocenters. The molecule has 0 spiro atoms. The van der Waals surface area contributed by atoms with E-state index in [-0.39, 0.29) is 0 Å². The molecule has 0 bridgehead atoms. The summed E-state index contributed by atoms with van der Waals surface area (Å²) in [5.74, 6) is 4.57. The van der Waals surface area contributed by atoms with E-state index in [2.05, 4.69) is 32.6 Å². The minimum absolute atomic E-state index is 0.390. The van der Waals surface area contributed by atoms with E-state index in [0.717, 1.165) is 78.5 Å². The molecule has 0 amide bonds. The van der Waals surface area contributed by atoms with Crippen LogP contribution in [0.2, 0.25) is 0 Å². The Balaban J connectivity index is 1.31. The molecule has 0 aliphatic heterocycles. The quantitative estimate of drug-likeness (QED) is 0.106. The van der Waals surface area contributed by atoms with Crippen LogP contribution in [0.4, 0.5) is 0 Å². The van der Waals surface area contributed by atoms with E-state index in [1.54, 1.807) is 6.08 Å². The third kappa shape index (κ3) is 5.80. The van der Waals surface area contributed by atoms with Crippen LogP contribution in [0.3, 0.4) is 0 Å². The largest absolute Gasteiger partial charge is 0.461 e. The number of rotatable bonds is 7. The molecule has 0 radical (unpaired) electrons. The Hall–Kier alpha value is -6.21. The van der Waals surface area contributed by atoms with Gasteiger partial charge in [0, 0.05) is 27.8 Å². The predicted molar refractivity (Wildman–Crippen MR) is 198 cm³/mol. The van der Waals surface area contributed by atoms with Crippen molar-refractivity contribution in [1.82, 2.24) is 24.5 Å².